The molecule has 0 unspecified atom stereocenters. The molecule has 0 fully saturated rings. The Kier molecular flexibility index (Phi) is 9.18. The quantitative estimate of drug-likeness (QED) is 0.231. The maximum Gasteiger partial charge on any atom is 0.0930 e. The molecule has 0 radical (unpaired) electrons. The van der Waals surface area contributed by atoms with Gasteiger partial charge in [-0.25, -0.2) is 9.98 Å². The van der Waals surface area contributed by atoms with Crippen LogP contribution in [0.25, 0.3) is 0 Å². The lowest BCUT2D eigenvalue weighted by molar-refractivity contribution is 1.43. The summed E-state index contributed by atoms with van der Waals surface area (Å²) in [7, 11) is 0. The molecule has 4 aromatic rings. The Hall–Kier alpha value is -4.18. The second-order valence-electron chi connectivity index (χ2n) is 8.21. The predicted octanol–water partition coefficient (Wildman–Crippen LogP) is 8.15. The van der Waals surface area contributed by atoms with E-state index in [1.807, 2.05) is 48.5 Å². The van der Waals surface area contributed by atoms with E-state index in [0.717, 1.165) is 22.7 Å². The van der Waals surface area contributed by atoms with Crippen LogP contribution in [0.4, 0.5) is 22.7 Å². The molecule has 4 nitrogen and oxygen atoms in total. The number of hydrogen-bond donors (Lipinski definition) is 2. The van der Waals surface area contributed by atoms with Crippen LogP contribution in [0.5, 0.6) is 0 Å². The molecule has 0 atom stereocenters. The van der Waals surface area contributed by atoms with Crippen molar-refractivity contribution in [2.45, 2.75) is 27.7 Å². The van der Waals surface area contributed by atoms with Gasteiger partial charge in [-0.05, 0) is 76.2 Å². The molecule has 4 aromatic carbocycles. The first-order valence-corrected chi connectivity index (χ1v) is 11.3. The summed E-state index contributed by atoms with van der Waals surface area (Å²) in [5.74, 6) is 0. The molecular weight excluding hydrogens is 416 g/mol. The normalized spacial score (nSPS) is 10.7. The number of anilines is 2. The molecule has 0 saturated carbocycles. The highest BCUT2D eigenvalue weighted by Gasteiger charge is 1.90. The van der Waals surface area contributed by atoms with Crippen molar-refractivity contribution in [3.05, 3.63) is 119 Å². The zero-order valence-electron chi connectivity index (χ0n) is 20.3. The van der Waals surface area contributed by atoms with E-state index in [1.165, 1.54) is 22.3 Å². The third kappa shape index (κ3) is 8.75. The second kappa shape index (κ2) is 12.8. The van der Waals surface area contributed by atoms with E-state index in [0.29, 0.717) is 0 Å². The molecule has 0 saturated heterocycles. The summed E-state index contributed by atoms with van der Waals surface area (Å²) in [5, 5.41) is 6.29. The molecule has 0 amide bonds. The number of nitrogens with one attached hydrogen (secondary N) is 2. The number of hydrogen-bond acceptors (Lipinski definition) is 2. The molecule has 172 valence electrons. The van der Waals surface area contributed by atoms with E-state index in [1.54, 1.807) is 12.7 Å². The Balaban J connectivity index is 0.000000191. The van der Waals surface area contributed by atoms with E-state index in [4.69, 9.17) is 0 Å². The van der Waals surface area contributed by atoms with Crippen LogP contribution in [0.15, 0.2) is 107 Å². The lowest BCUT2D eigenvalue weighted by Crippen LogP contribution is -1.93. The van der Waals surface area contributed by atoms with Gasteiger partial charge in [0.1, 0.15) is 0 Å². The van der Waals surface area contributed by atoms with Gasteiger partial charge in [0.05, 0.1) is 24.1 Å². The molecule has 0 bridgehead atoms. The van der Waals surface area contributed by atoms with Crippen molar-refractivity contribution in [1.82, 2.24) is 0 Å². The van der Waals surface area contributed by atoms with Crippen molar-refractivity contribution in [2.24, 2.45) is 9.98 Å². The predicted molar refractivity (Wildman–Crippen MR) is 148 cm³/mol. The van der Waals surface area contributed by atoms with Gasteiger partial charge in [0.25, 0.3) is 0 Å². The van der Waals surface area contributed by atoms with Crippen molar-refractivity contribution in [1.29, 1.82) is 0 Å². The molecule has 0 aliphatic carbocycles. The molecule has 0 aliphatic rings. The fourth-order valence-electron chi connectivity index (χ4n) is 2.92. The van der Waals surface area contributed by atoms with Crippen LogP contribution in [0.1, 0.15) is 22.3 Å². The van der Waals surface area contributed by atoms with E-state index < -0.39 is 0 Å². The van der Waals surface area contributed by atoms with Crippen LogP contribution in [0, 0.1) is 27.7 Å². The average Bonchev–Trinajstić information content (AvgIpc) is 2.85. The van der Waals surface area contributed by atoms with Crippen molar-refractivity contribution in [3.8, 4) is 0 Å². The molecule has 0 heterocycles. The Morgan fingerprint density at radius 1 is 0.412 bits per heavy atom. The first-order chi connectivity index (χ1) is 16.5. The molecule has 0 aliphatic heterocycles. The standard InChI is InChI=1S/2C15H16N2/c2*1-12-3-7-14(8-4-12)16-11-17-15-9-5-13(2)6-10-15/h2*3-11H,1-2H3,(H,16,17). The molecule has 0 aromatic heterocycles. The van der Waals surface area contributed by atoms with Gasteiger partial charge in [-0.3, -0.25) is 0 Å². The van der Waals surface area contributed by atoms with Gasteiger partial charge in [0, 0.05) is 11.4 Å². The summed E-state index contributed by atoms with van der Waals surface area (Å²) < 4.78 is 0. The van der Waals surface area contributed by atoms with E-state index in [-0.39, 0.29) is 0 Å². The number of benzene rings is 4. The van der Waals surface area contributed by atoms with Gasteiger partial charge in [0.15, 0.2) is 0 Å². The van der Waals surface area contributed by atoms with Crippen LogP contribution in [-0.4, -0.2) is 12.7 Å². The fourth-order valence-corrected chi connectivity index (χ4v) is 2.92. The van der Waals surface area contributed by atoms with Crippen molar-refractivity contribution in [2.75, 3.05) is 10.6 Å². The molecule has 4 heteroatoms. The van der Waals surface area contributed by atoms with E-state index >= 15 is 0 Å². The maximum atomic E-state index is 4.33. The van der Waals surface area contributed by atoms with Crippen LogP contribution in [0.2, 0.25) is 0 Å². The highest BCUT2D eigenvalue weighted by molar-refractivity contribution is 5.78. The minimum Gasteiger partial charge on any atom is -0.346 e. The molecule has 34 heavy (non-hydrogen) atoms. The van der Waals surface area contributed by atoms with Crippen molar-refractivity contribution >= 4 is 35.4 Å². The molecule has 0 spiro atoms. The largest absolute Gasteiger partial charge is 0.346 e. The Bertz CT molecular complexity index is 1090. The highest BCUT2D eigenvalue weighted by Crippen LogP contribution is 2.13. The molecular formula is C30H32N4. The van der Waals surface area contributed by atoms with E-state index in [2.05, 4.69) is 96.8 Å². The summed E-state index contributed by atoms with van der Waals surface area (Å²) in [6, 6.07) is 32.7. The Morgan fingerprint density at radius 3 is 0.971 bits per heavy atom. The summed E-state index contributed by atoms with van der Waals surface area (Å²) >= 11 is 0. The van der Waals surface area contributed by atoms with Gasteiger partial charge < -0.3 is 10.6 Å². The average molecular weight is 449 g/mol. The molecule has 2 N–H and O–H groups in total. The monoisotopic (exact) mass is 448 g/mol. The third-order valence-corrected chi connectivity index (χ3v) is 5.06. The summed E-state index contributed by atoms with van der Waals surface area (Å²) in [4.78, 5) is 8.66. The number of nitrogens with zero attached hydrogens (tertiary/aromatic N) is 2. The van der Waals surface area contributed by atoms with Crippen molar-refractivity contribution in [3.63, 3.8) is 0 Å². The number of rotatable bonds is 6. The summed E-state index contributed by atoms with van der Waals surface area (Å²) in [6.07, 6.45) is 3.44. The van der Waals surface area contributed by atoms with Crippen LogP contribution >= 0.6 is 0 Å². The fraction of sp³-hybridized carbons (Fsp3) is 0.133. The summed E-state index contributed by atoms with van der Waals surface area (Å²) in [5.41, 5.74) is 9.01. The lowest BCUT2D eigenvalue weighted by Gasteiger charge is -2.00. The van der Waals surface area contributed by atoms with Gasteiger partial charge in [-0.1, -0.05) is 70.8 Å². The van der Waals surface area contributed by atoms with E-state index in [9.17, 15) is 0 Å². The van der Waals surface area contributed by atoms with Crippen molar-refractivity contribution < 1.29 is 0 Å². The lowest BCUT2D eigenvalue weighted by atomic mass is 10.2. The molecule has 4 rings (SSSR count). The zero-order chi connectivity index (χ0) is 24.2. The van der Waals surface area contributed by atoms with Crippen LogP contribution in [-0.2, 0) is 0 Å². The SMILES string of the molecule is Cc1ccc(N=CNc2ccc(C)cc2)cc1.Cc1ccc(N=CNc2ccc(C)cc2)cc1. The highest BCUT2D eigenvalue weighted by atomic mass is 14.9. The van der Waals surface area contributed by atoms with Gasteiger partial charge in [-0.15, -0.1) is 0 Å². The minimum absolute atomic E-state index is 0.954. The minimum atomic E-state index is 0.954. The number of aryl methyl sites for hydroxylation is 4. The third-order valence-electron chi connectivity index (χ3n) is 5.06. The van der Waals surface area contributed by atoms with Gasteiger partial charge >= 0.3 is 0 Å². The smallest absolute Gasteiger partial charge is 0.0930 e. The topological polar surface area (TPSA) is 48.8 Å². The summed E-state index contributed by atoms with van der Waals surface area (Å²) in [6.45, 7) is 8.28. The second-order valence-corrected chi connectivity index (χ2v) is 8.21. The Labute approximate surface area is 203 Å². The van der Waals surface area contributed by atoms with Crippen LogP contribution < -0.4 is 10.6 Å². The first kappa shape index (κ1) is 24.5. The first-order valence-electron chi connectivity index (χ1n) is 11.3. The number of aliphatic imine (C=N–C) groups is 2. The van der Waals surface area contributed by atoms with Gasteiger partial charge in [-0.2, -0.15) is 0 Å². The zero-order valence-corrected chi connectivity index (χ0v) is 20.3. The van der Waals surface area contributed by atoms with Crippen LogP contribution in [0.3, 0.4) is 0 Å². The Morgan fingerprint density at radius 2 is 0.676 bits per heavy atom. The van der Waals surface area contributed by atoms with Gasteiger partial charge in [0.2, 0.25) is 0 Å². The maximum absolute atomic E-state index is 4.33.